The second-order valence-electron chi connectivity index (χ2n) is 4.99. The van der Waals surface area contributed by atoms with E-state index in [1.165, 1.54) is 19.2 Å². The minimum Gasteiger partial charge on any atom is -0.465 e. The molecule has 124 valence electrons. The van der Waals surface area contributed by atoms with Gasteiger partial charge in [0, 0.05) is 6.54 Å². The fourth-order valence-corrected chi connectivity index (χ4v) is 2.23. The average Bonchev–Trinajstić information content (AvgIpc) is 2.90. The number of nitrogens with one attached hydrogen (secondary N) is 1. The van der Waals surface area contributed by atoms with E-state index in [0.717, 1.165) is 0 Å². The monoisotopic (exact) mass is 341 g/mol. The van der Waals surface area contributed by atoms with Crippen LogP contribution < -0.4 is 5.32 Å². The first-order chi connectivity index (χ1) is 10.9. The summed E-state index contributed by atoms with van der Waals surface area (Å²) in [6.45, 7) is 2.17. The van der Waals surface area contributed by atoms with Crippen LogP contribution in [-0.2, 0) is 11.3 Å². The van der Waals surface area contributed by atoms with Crippen molar-refractivity contribution in [3.05, 3.63) is 57.8 Å². The molecule has 1 aromatic carbocycles. The fraction of sp³-hybridized carbons (Fsp3) is 0.312. The maximum Gasteiger partial charge on any atom is 0.341 e. The molecule has 0 aliphatic carbocycles. The Morgan fingerprint density at radius 2 is 2.22 bits per heavy atom. The third-order valence-electron chi connectivity index (χ3n) is 3.34. The highest BCUT2D eigenvalue weighted by Gasteiger charge is 2.15. The number of carbonyl (C=O) groups excluding carboxylic acids is 1. The number of furan rings is 1. The lowest BCUT2D eigenvalue weighted by Gasteiger charge is -2.12. The van der Waals surface area contributed by atoms with Crippen molar-refractivity contribution in [1.82, 2.24) is 5.32 Å². The second kappa shape index (κ2) is 7.59. The topological polar surface area (TPSA) is 71.7 Å². The van der Waals surface area contributed by atoms with Crippen molar-refractivity contribution in [1.29, 1.82) is 0 Å². The van der Waals surface area contributed by atoms with Crippen molar-refractivity contribution in [3.63, 3.8) is 0 Å². The summed E-state index contributed by atoms with van der Waals surface area (Å²) in [4.78, 5) is 11.5. The molecule has 0 aliphatic heterocycles. The van der Waals surface area contributed by atoms with Gasteiger partial charge in [0.1, 0.15) is 22.9 Å². The normalized spacial score (nSPS) is 12.2. The first kappa shape index (κ1) is 17.5. The molecule has 0 saturated heterocycles. The number of aryl methyl sites for hydroxylation is 1. The van der Waals surface area contributed by atoms with Gasteiger partial charge in [-0.05, 0) is 30.7 Å². The van der Waals surface area contributed by atoms with Gasteiger partial charge in [-0.15, -0.1) is 0 Å². The van der Waals surface area contributed by atoms with Crippen LogP contribution in [-0.4, -0.2) is 24.7 Å². The molecule has 2 N–H and O–H groups in total. The van der Waals surface area contributed by atoms with Crippen LogP contribution in [0.2, 0.25) is 5.02 Å². The van der Waals surface area contributed by atoms with Gasteiger partial charge in [-0.25, -0.2) is 9.18 Å². The van der Waals surface area contributed by atoms with Crippen LogP contribution in [0.1, 0.15) is 33.5 Å². The summed E-state index contributed by atoms with van der Waals surface area (Å²) in [5, 5.41) is 13.0. The summed E-state index contributed by atoms with van der Waals surface area (Å²) in [6, 6.07) is 5.74. The predicted octanol–water partition coefficient (Wildman–Crippen LogP) is 2.99. The molecule has 1 unspecified atom stereocenters. The molecule has 5 nitrogen and oxygen atoms in total. The van der Waals surface area contributed by atoms with E-state index in [-0.39, 0.29) is 11.6 Å². The Labute approximate surface area is 138 Å². The molecule has 0 saturated carbocycles. The summed E-state index contributed by atoms with van der Waals surface area (Å²) in [6.07, 6.45) is -0.891. The van der Waals surface area contributed by atoms with Crippen molar-refractivity contribution in [2.24, 2.45) is 0 Å². The Balaban J connectivity index is 1.91. The van der Waals surface area contributed by atoms with E-state index in [9.17, 15) is 14.3 Å². The van der Waals surface area contributed by atoms with E-state index in [0.29, 0.717) is 29.2 Å². The number of esters is 1. The van der Waals surface area contributed by atoms with E-state index < -0.39 is 17.9 Å². The Bertz CT molecular complexity index is 701. The molecule has 0 aliphatic rings. The molecule has 23 heavy (non-hydrogen) atoms. The quantitative estimate of drug-likeness (QED) is 0.790. The average molecular weight is 342 g/mol. The maximum absolute atomic E-state index is 13.4. The van der Waals surface area contributed by atoms with Gasteiger partial charge in [0.2, 0.25) is 0 Å². The van der Waals surface area contributed by atoms with E-state index in [1.54, 1.807) is 19.1 Å². The molecule has 0 bridgehead atoms. The predicted molar refractivity (Wildman–Crippen MR) is 82.9 cm³/mol. The Morgan fingerprint density at radius 1 is 1.48 bits per heavy atom. The van der Waals surface area contributed by atoms with Crippen LogP contribution in [0.4, 0.5) is 4.39 Å². The van der Waals surface area contributed by atoms with Crippen LogP contribution in [0.25, 0.3) is 0 Å². The number of hydrogen-bond acceptors (Lipinski definition) is 5. The Morgan fingerprint density at radius 3 is 2.87 bits per heavy atom. The van der Waals surface area contributed by atoms with E-state index in [2.05, 4.69) is 10.1 Å². The number of ether oxygens (including phenoxy) is 1. The molecule has 0 amide bonds. The molecule has 2 rings (SSSR count). The summed E-state index contributed by atoms with van der Waals surface area (Å²) >= 11 is 5.60. The van der Waals surface area contributed by atoms with Crippen molar-refractivity contribution < 1.29 is 23.4 Å². The highest BCUT2D eigenvalue weighted by Crippen LogP contribution is 2.20. The lowest BCUT2D eigenvalue weighted by molar-refractivity contribution is 0.0599. The minimum atomic E-state index is -0.891. The van der Waals surface area contributed by atoms with Gasteiger partial charge in [-0.3, -0.25) is 0 Å². The molecular weight excluding hydrogens is 325 g/mol. The number of benzene rings is 1. The second-order valence-corrected chi connectivity index (χ2v) is 5.40. The first-order valence-corrected chi connectivity index (χ1v) is 7.31. The summed E-state index contributed by atoms with van der Waals surface area (Å²) in [5.74, 6) is -0.0341. The van der Waals surface area contributed by atoms with Gasteiger partial charge >= 0.3 is 5.97 Å². The molecule has 0 radical (unpaired) electrons. The molecule has 7 heteroatoms. The largest absolute Gasteiger partial charge is 0.465 e. The van der Waals surface area contributed by atoms with Crippen molar-refractivity contribution in [2.45, 2.75) is 19.6 Å². The molecule has 1 aromatic heterocycles. The molecule has 0 fully saturated rings. The lowest BCUT2D eigenvalue weighted by atomic mass is 10.1. The SMILES string of the molecule is COC(=O)c1cc(CNCC(O)c2ccc(Cl)c(F)c2)oc1C. The maximum atomic E-state index is 13.4. The number of methoxy groups -OCH3 is 1. The number of carbonyl (C=O) groups is 1. The lowest BCUT2D eigenvalue weighted by Crippen LogP contribution is -2.21. The summed E-state index contributed by atoms with van der Waals surface area (Å²) in [5.41, 5.74) is 0.787. The number of rotatable bonds is 6. The zero-order valence-electron chi connectivity index (χ0n) is 12.7. The van der Waals surface area contributed by atoms with E-state index >= 15 is 0 Å². The Kier molecular flexibility index (Phi) is 5.76. The van der Waals surface area contributed by atoms with Gasteiger partial charge in [0.25, 0.3) is 0 Å². The van der Waals surface area contributed by atoms with Crippen LogP contribution in [0.15, 0.2) is 28.7 Å². The molecule has 2 aromatic rings. The zero-order valence-corrected chi connectivity index (χ0v) is 13.5. The van der Waals surface area contributed by atoms with Gasteiger partial charge in [0.15, 0.2) is 0 Å². The van der Waals surface area contributed by atoms with Gasteiger partial charge < -0.3 is 19.6 Å². The molecule has 0 spiro atoms. The third kappa shape index (κ3) is 4.31. The van der Waals surface area contributed by atoms with E-state index in [4.69, 9.17) is 16.0 Å². The zero-order chi connectivity index (χ0) is 17.0. The number of aliphatic hydroxyl groups is 1. The van der Waals surface area contributed by atoms with Gasteiger partial charge in [-0.1, -0.05) is 17.7 Å². The molecule has 1 heterocycles. The Hall–Kier alpha value is -1.89. The van der Waals surface area contributed by atoms with Crippen molar-refractivity contribution in [2.75, 3.05) is 13.7 Å². The fourth-order valence-electron chi connectivity index (χ4n) is 2.11. The summed E-state index contributed by atoms with van der Waals surface area (Å²) in [7, 11) is 1.30. The number of aliphatic hydroxyl groups excluding tert-OH is 1. The third-order valence-corrected chi connectivity index (χ3v) is 3.65. The minimum absolute atomic E-state index is 0.00955. The van der Waals surface area contributed by atoms with Crippen molar-refractivity contribution in [3.8, 4) is 0 Å². The standard InChI is InChI=1S/C16H17ClFNO4/c1-9-12(16(21)22-2)6-11(23-9)7-19-8-15(20)10-3-4-13(17)14(18)5-10/h3-6,15,19-20H,7-8H2,1-2H3. The van der Waals surface area contributed by atoms with Crippen molar-refractivity contribution >= 4 is 17.6 Å². The van der Waals surface area contributed by atoms with Crippen LogP contribution in [0, 0.1) is 12.7 Å². The van der Waals surface area contributed by atoms with Gasteiger partial charge in [0.05, 0.1) is 24.8 Å². The highest BCUT2D eigenvalue weighted by molar-refractivity contribution is 6.30. The molecular formula is C16H17ClFNO4. The van der Waals surface area contributed by atoms with E-state index in [1.807, 2.05) is 0 Å². The molecule has 1 atom stereocenters. The smallest absolute Gasteiger partial charge is 0.341 e. The number of halogens is 2. The first-order valence-electron chi connectivity index (χ1n) is 6.93. The highest BCUT2D eigenvalue weighted by atomic mass is 35.5. The van der Waals surface area contributed by atoms with Crippen LogP contribution >= 0.6 is 11.6 Å². The number of hydrogen-bond donors (Lipinski definition) is 2. The summed E-state index contributed by atoms with van der Waals surface area (Å²) < 4.78 is 23.4. The van der Waals surface area contributed by atoms with Gasteiger partial charge in [-0.2, -0.15) is 0 Å². The van der Waals surface area contributed by atoms with Crippen LogP contribution in [0.3, 0.4) is 0 Å². The van der Waals surface area contributed by atoms with Crippen LogP contribution in [0.5, 0.6) is 0 Å².